The Kier molecular flexibility index (Phi) is 4.33. The van der Waals surface area contributed by atoms with Gasteiger partial charge in [0.05, 0.1) is 17.4 Å². The number of aromatic nitrogens is 2. The van der Waals surface area contributed by atoms with Gasteiger partial charge in [0.25, 0.3) is 11.8 Å². The molecule has 24 heavy (non-hydrogen) atoms. The fraction of sp³-hybridized carbons (Fsp3) is 0. The van der Waals surface area contributed by atoms with Gasteiger partial charge < -0.3 is 0 Å². The van der Waals surface area contributed by atoms with Crippen LogP contribution in [0.4, 0.5) is 4.39 Å². The molecule has 6 nitrogen and oxygen atoms in total. The van der Waals surface area contributed by atoms with Crippen molar-refractivity contribution in [3.05, 3.63) is 83.9 Å². The number of hydrogen-bond donors (Lipinski definition) is 2. The van der Waals surface area contributed by atoms with E-state index in [1.807, 2.05) is 30.3 Å². The van der Waals surface area contributed by atoms with Crippen LogP contribution in [0.3, 0.4) is 0 Å². The first-order valence-electron chi connectivity index (χ1n) is 7.10. The van der Waals surface area contributed by atoms with Crippen LogP contribution in [-0.4, -0.2) is 21.6 Å². The number of benzene rings is 2. The normalized spacial score (nSPS) is 10.2. The van der Waals surface area contributed by atoms with Gasteiger partial charge in [-0.2, -0.15) is 5.10 Å². The monoisotopic (exact) mass is 324 g/mol. The summed E-state index contributed by atoms with van der Waals surface area (Å²) in [4.78, 5) is 23.9. The van der Waals surface area contributed by atoms with E-state index in [-0.39, 0.29) is 5.56 Å². The molecule has 0 atom stereocenters. The Balaban J connectivity index is 1.62. The maximum atomic E-state index is 12.8. The first kappa shape index (κ1) is 15.4. The van der Waals surface area contributed by atoms with E-state index in [1.54, 1.807) is 10.9 Å². The van der Waals surface area contributed by atoms with Crippen molar-refractivity contribution in [2.45, 2.75) is 0 Å². The predicted molar refractivity (Wildman–Crippen MR) is 84.9 cm³/mol. The zero-order chi connectivity index (χ0) is 16.9. The lowest BCUT2D eigenvalue weighted by Gasteiger charge is -2.06. The van der Waals surface area contributed by atoms with Gasteiger partial charge in [0.15, 0.2) is 0 Å². The van der Waals surface area contributed by atoms with E-state index < -0.39 is 17.6 Å². The Morgan fingerprint density at radius 1 is 0.875 bits per heavy atom. The average molecular weight is 324 g/mol. The summed E-state index contributed by atoms with van der Waals surface area (Å²) in [6, 6.07) is 14.3. The van der Waals surface area contributed by atoms with Gasteiger partial charge in [0, 0.05) is 11.8 Å². The summed E-state index contributed by atoms with van der Waals surface area (Å²) in [5.74, 6) is -1.49. The number of carbonyl (C=O) groups excluding carboxylic acids is 2. The number of hydrogen-bond acceptors (Lipinski definition) is 3. The van der Waals surface area contributed by atoms with Crippen LogP contribution in [0.1, 0.15) is 20.7 Å². The lowest BCUT2D eigenvalue weighted by molar-refractivity contribution is 0.0846. The molecule has 0 aliphatic rings. The molecule has 0 saturated heterocycles. The maximum absolute atomic E-state index is 12.8. The first-order chi connectivity index (χ1) is 11.6. The average Bonchev–Trinajstić information content (AvgIpc) is 3.11. The van der Waals surface area contributed by atoms with Gasteiger partial charge in [0.2, 0.25) is 0 Å². The van der Waals surface area contributed by atoms with Crippen molar-refractivity contribution in [3.63, 3.8) is 0 Å². The summed E-state index contributed by atoms with van der Waals surface area (Å²) < 4.78 is 14.4. The van der Waals surface area contributed by atoms with Crippen molar-refractivity contribution in [1.82, 2.24) is 20.6 Å². The minimum Gasteiger partial charge on any atom is -0.267 e. The standard InChI is InChI=1S/C17H13FN4O2/c18-14-8-6-12(7-9-14)16(23)20-21-17(24)13-10-19-22(11-13)15-4-2-1-3-5-15/h1-11H,(H,20,23)(H,21,24). The largest absolute Gasteiger partial charge is 0.272 e. The molecule has 0 spiro atoms. The van der Waals surface area contributed by atoms with Crippen molar-refractivity contribution in [2.24, 2.45) is 0 Å². The number of carbonyl (C=O) groups is 2. The Morgan fingerprint density at radius 3 is 2.17 bits per heavy atom. The second-order valence-corrected chi connectivity index (χ2v) is 4.92. The summed E-state index contributed by atoms with van der Waals surface area (Å²) in [7, 11) is 0. The second kappa shape index (κ2) is 6.74. The van der Waals surface area contributed by atoms with Crippen LogP contribution >= 0.6 is 0 Å². The van der Waals surface area contributed by atoms with Crippen molar-refractivity contribution < 1.29 is 14.0 Å². The second-order valence-electron chi connectivity index (χ2n) is 4.92. The Bertz CT molecular complexity index is 860. The predicted octanol–water partition coefficient (Wildman–Crippen LogP) is 2.09. The third kappa shape index (κ3) is 3.46. The van der Waals surface area contributed by atoms with Gasteiger partial charge in [-0.05, 0) is 36.4 Å². The smallest absolute Gasteiger partial charge is 0.267 e. The molecule has 0 radical (unpaired) electrons. The molecule has 3 aromatic rings. The highest BCUT2D eigenvalue weighted by Gasteiger charge is 2.11. The van der Waals surface area contributed by atoms with Crippen LogP contribution in [0.15, 0.2) is 67.0 Å². The van der Waals surface area contributed by atoms with Crippen molar-refractivity contribution in [2.75, 3.05) is 0 Å². The number of hydrazine groups is 1. The number of amides is 2. The molecule has 0 unspecified atom stereocenters. The fourth-order valence-electron chi connectivity index (χ4n) is 2.02. The third-order valence-corrected chi connectivity index (χ3v) is 3.26. The van der Waals surface area contributed by atoms with Gasteiger partial charge in [-0.1, -0.05) is 18.2 Å². The topological polar surface area (TPSA) is 76.0 Å². The van der Waals surface area contributed by atoms with Crippen molar-refractivity contribution >= 4 is 11.8 Å². The summed E-state index contributed by atoms with van der Waals surface area (Å²) in [6.45, 7) is 0. The summed E-state index contributed by atoms with van der Waals surface area (Å²) in [5, 5.41) is 4.10. The van der Waals surface area contributed by atoms with Crippen molar-refractivity contribution in [1.29, 1.82) is 0 Å². The van der Waals surface area contributed by atoms with E-state index in [0.29, 0.717) is 5.56 Å². The summed E-state index contributed by atoms with van der Waals surface area (Å²) in [5.41, 5.74) is 5.89. The maximum Gasteiger partial charge on any atom is 0.272 e. The van der Waals surface area contributed by atoms with Gasteiger partial charge in [-0.15, -0.1) is 0 Å². The van der Waals surface area contributed by atoms with Crippen LogP contribution in [0, 0.1) is 5.82 Å². The van der Waals surface area contributed by atoms with Crippen LogP contribution < -0.4 is 10.9 Å². The molecule has 3 rings (SSSR count). The highest BCUT2D eigenvalue weighted by atomic mass is 19.1. The Morgan fingerprint density at radius 2 is 1.50 bits per heavy atom. The summed E-state index contributed by atoms with van der Waals surface area (Å²) >= 11 is 0. The quantitative estimate of drug-likeness (QED) is 0.724. The van der Waals surface area contributed by atoms with Crippen LogP contribution in [0.5, 0.6) is 0 Å². The van der Waals surface area contributed by atoms with Gasteiger partial charge in [-0.25, -0.2) is 9.07 Å². The molecule has 7 heteroatoms. The molecule has 0 aliphatic carbocycles. The van der Waals surface area contributed by atoms with Gasteiger partial charge in [0.1, 0.15) is 5.82 Å². The van der Waals surface area contributed by atoms with E-state index in [2.05, 4.69) is 16.0 Å². The number of nitrogens with one attached hydrogen (secondary N) is 2. The minimum absolute atomic E-state index is 0.233. The van der Waals surface area contributed by atoms with Crippen molar-refractivity contribution in [3.8, 4) is 5.69 Å². The molecule has 0 fully saturated rings. The van der Waals surface area contributed by atoms with E-state index >= 15 is 0 Å². The summed E-state index contributed by atoms with van der Waals surface area (Å²) in [6.07, 6.45) is 2.95. The molecule has 0 bridgehead atoms. The molecule has 2 N–H and O–H groups in total. The Hall–Kier alpha value is -3.48. The lowest BCUT2D eigenvalue weighted by atomic mass is 10.2. The zero-order valence-electron chi connectivity index (χ0n) is 12.4. The fourth-order valence-corrected chi connectivity index (χ4v) is 2.02. The van der Waals surface area contributed by atoms with Crippen LogP contribution in [-0.2, 0) is 0 Å². The molecule has 1 aromatic heterocycles. The highest BCUT2D eigenvalue weighted by molar-refractivity contribution is 5.98. The molecule has 1 heterocycles. The minimum atomic E-state index is -0.543. The van der Waals surface area contributed by atoms with E-state index in [9.17, 15) is 14.0 Å². The first-order valence-corrected chi connectivity index (χ1v) is 7.10. The SMILES string of the molecule is O=C(NNC(=O)c1cnn(-c2ccccc2)c1)c1ccc(F)cc1. The van der Waals surface area contributed by atoms with Gasteiger partial charge >= 0.3 is 0 Å². The molecule has 120 valence electrons. The molecule has 2 amide bonds. The van der Waals surface area contributed by atoms with E-state index in [1.165, 1.54) is 30.5 Å². The number of nitrogens with zero attached hydrogens (tertiary/aromatic N) is 2. The number of para-hydroxylation sites is 1. The molecular formula is C17H13FN4O2. The Labute approximate surface area is 136 Å². The van der Waals surface area contributed by atoms with Crippen LogP contribution in [0.2, 0.25) is 0 Å². The van der Waals surface area contributed by atoms with E-state index in [0.717, 1.165) is 5.69 Å². The number of rotatable bonds is 3. The lowest BCUT2D eigenvalue weighted by Crippen LogP contribution is -2.41. The highest BCUT2D eigenvalue weighted by Crippen LogP contribution is 2.07. The molecule has 0 aliphatic heterocycles. The zero-order valence-corrected chi connectivity index (χ0v) is 12.4. The molecule has 0 saturated carbocycles. The van der Waals surface area contributed by atoms with Gasteiger partial charge in [-0.3, -0.25) is 20.4 Å². The molecular weight excluding hydrogens is 311 g/mol. The molecule has 2 aromatic carbocycles. The third-order valence-electron chi connectivity index (χ3n) is 3.26. The van der Waals surface area contributed by atoms with Crippen LogP contribution in [0.25, 0.3) is 5.69 Å². The number of halogens is 1. The van der Waals surface area contributed by atoms with E-state index in [4.69, 9.17) is 0 Å².